The topological polar surface area (TPSA) is 70.1 Å². The van der Waals surface area contributed by atoms with Gasteiger partial charge in [-0.15, -0.1) is 0 Å². The lowest BCUT2D eigenvalue weighted by molar-refractivity contribution is -0.168. The van der Waals surface area contributed by atoms with Gasteiger partial charge in [0.1, 0.15) is 6.61 Å². The number of aliphatic hydroxyl groups is 1. The Balaban J connectivity index is 1.58. The molecule has 0 bridgehead atoms. The van der Waals surface area contributed by atoms with Gasteiger partial charge in [0, 0.05) is 19.6 Å². The number of hydrogen-bond acceptors (Lipinski definition) is 4. The van der Waals surface area contributed by atoms with Crippen LogP contribution in [-0.4, -0.2) is 72.2 Å². The summed E-state index contributed by atoms with van der Waals surface area (Å²) in [5, 5.41) is 9.91. The molecule has 2 aliphatic heterocycles. The molecule has 2 heterocycles. The maximum atomic E-state index is 12.6. The van der Waals surface area contributed by atoms with Crippen LogP contribution in [0.25, 0.3) is 11.1 Å². The fraction of sp³-hybridized carbons (Fsp3) is 0.391. The van der Waals surface area contributed by atoms with Crippen molar-refractivity contribution < 1.29 is 19.4 Å². The number of carbonyl (C=O) groups is 2. The zero-order chi connectivity index (χ0) is 20.5. The molecule has 0 saturated carbocycles. The van der Waals surface area contributed by atoms with Crippen LogP contribution in [-0.2, 0) is 14.3 Å². The van der Waals surface area contributed by atoms with Gasteiger partial charge in [-0.3, -0.25) is 9.59 Å². The number of piperazine rings is 1. The van der Waals surface area contributed by atoms with Crippen molar-refractivity contribution in [2.45, 2.75) is 24.9 Å². The minimum atomic E-state index is -0.239. The van der Waals surface area contributed by atoms with Crippen LogP contribution in [0.15, 0.2) is 48.5 Å². The first-order valence-electron chi connectivity index (χ1n) is 9.90. The molecule has 0 aliphatic carbocycles. The molecule has 2 aromatic rings. The molecule has 2 saturated heterocycles. The van der Waals surface area contributed by atoms with Gasteiger partial charge in [0.25, 0.3) is 0 Å². The summed E-state index contributed by atoms with van der Waals surface area (Å²) in [6.45, 7) is 2.49. The molecule has 0 radical (unpaired) electrons. The number of fused-ring (bicyclic) bond motifs is 1. The molecule has 1 N–H and O–H groups in total. The van der Waals surface area contributed by atoms with E-state index in [1.165, 1.54) is 18.2 Å². The van der Waals surface area contributed by atoms with Gasteiger partial charge in [-0.1, -0.05) is 48.5 Å². The Hall–Kier alpha value is -2.70. The van der Waals surface area contributed by atoms with Crippen molar-refractivity contribution in [2.24, 2.45) is 0 Å². The molecular formula is C23H26N2O4. The van der Waals surface area contributed by atoms with E-state index in [1.807, 2.05) is 12.1 Å². The van der Waals surface area contributed by atoms with E-state index in [4.69, 9.17) is 4.74 Å². The Kier molecular flexibility index (Phi) is 5.39. The maximum absolute atomic E-state index is 12.6. The first-order valence-corrected chi connectivity index (χ1v) is 9.90. The predicted octanol–water partition coefficient (Wildman–Crippen LogP) is 1.81. The molecule has 3 atom stereocenters. The summed E-state index contributed by atoms with van der Waals surface area (Å²) >= 11 is 0. The van der Waals surface area contributed by atoms with Gasteiger partial charge < -0.3 is 19.6 Å². The molecular weight excluding hydrogens is 368 g/mol. The molecule has 0 unspecified atom stereocenters. The number of aliphatic hydroxyl groups excluding tert-OH is 1. The number of rotatable bonds is 5. The van der Waals surface area contributed by atoms with E-state index in [0.29, 0.717) is 6.54 Å². The second-order valence-electron chi connectivity index (χ2n) is 7.79. The van der Waals surface area contributed by atoms with Crippen molar-refractivity contribution in [2.75, 3.05) is 33.4 Å². The number of aryl methyl sites for hydroxylation is 1. The second-order valence-corrected chi connectivity index (χ2v) is 7.79. The third kappa shape index (κ3) is 3.43. The van der Waals surface area contributed by atoms with Gasteiger partial charge in [-0.25, -0.2) is 0 Å². The van der Waals surface area contributed by atoms with Gasteiger partial charge in [0.15, 0.2) is 0 Å². The second kappa shape index (κ2) is 7.97. The summed E-state index contributed by atoms with van der Waals surface area (Å²) in [6.07, 6.45) is 0. The summed E-state index contributed by atoms with van der Waals surface area (Å²) in [7, 11) is 1.47. The lowest BCUT2D eigenvalue weighted by Crippen LogP contribution is -2.73. The van der Waals surface area contributed by atoms with Gasteiger partial charge in [-0.2, -0.15) is 0 Å². The molecule has 6 heteroatoms. The van der Waals surface area contributed by atoms with Crippen LogP contribution >= 0.6 is 0 Å². The molecule has 6 nitrogen and oxygen atoms in total. The highest BCUT2D eigenvalue weighted by Gasteiger charge is 2.54. The van der Waals surface area contributed by atoms with Crippen molar-refractivity contribution in [3.05, 3.63) is 59.7 Å². The van der Waals surface area contributed by atoms with Crippen molar-refractivity contribution >= 4 is 11.8 Å². The third-order valence-electron chi connectivity index (χ3n) is 6.12. The van der Waals surface area contributed by atoms with Crippen LogP contribution in [0.4, 0.5) is 0 Å². The number of nitrogens with zero attached hydrogens (tertiary/aromatic N) is 2. The van der Waals surface area contributed by atoms with Crippen LogP contribution < -0.4 is 0 Å². The highest BCUT2D eigenvalue weighted by Crippen LogP contribution is 2.43. The third-order valence-corrected chi connectivity index (χ3v) is 6.12. The Morgan fingerprint density at radius 3 is 2.55 bits per heavy atom. The number of hydrogen-bond donors (Lipinski definition) is 1. The summed E-state index contributed by atoms with van der Waals surface area (Å²) in [6, 6.07) is 16.2. The standard InChI is InChI=1S/C23H26N2O4/c1-15-5-3-4-6-18(15)16-7-9-17(10-8-16)23-19-11-24(22(28)14-29-2)12-21(27)25(19)20(23)13-26/h3-10,19-20,23,26H,11-14H2,1-2H3/t19-,20+,23-/m1/s1. The fourth-order valence-electron chi connectivity index (χ4n) is 4.69. The first kappa shape index (κ1) is 19.6. The van der Waals surface area contributed by atoms with E-state index >= 15 is 0 Å². The number of ether oxygens (including phenoxy) is 1. The van der Waals surface area contributed by atoms with E-state index < -0.39 is 0 Å². The average molecular weight is 394 g/mol. The van der Waals surface area contributed by atoms with E-state index in [-0.39, 0.29) is 49.6 Å². The smallest absolute Gasteiger partial charge is 0.249 e. The lowest BCUT2D eigenvalue weighted by atomic mass is 9.73. The maximum Gasteiger partial charge on any atom is 0.249 e. The summed E-state index contributed by atoms with van der Waals surface area (Å²) < 4.78 is 4.93. The average Bonchev–Trinajstić information content (AvgIpc) is 2.70. The monoisotopic (exact) mass is 394 g/mol. The molecule has 2 aliphatic rings. The largest absolute Gasteiger partial charge is 0.394 e. The van der Waals surface area contributed by atoms with Crippen molar-refractivity contribution in [1.82, 2.24) is 9.80 Å². The summed E-state index contributed by atoms with van der Waals surface area (Å²) in [5.41, 5.74) is 4.63. The molecule has 152 valence electrons. The van der Waals surface area contributed by atoms with Crippen molar-refractivity contribution in [3.63, 3.8) is 0 Å². The molecule has 2 amide bonds. The normalized spacial score (nSPS) is 23.6. The molecule has 4 rings (SSSR count). The minimum Gasteiger partial charge on any atom is -0.394 e. The molecule has 0 aromatic heterocycles. The summed E-state index contributed by atoms with van der Waals surface area (Å²) in [5.74, 6) is -0.285. The van der Waals surface area contributed by atoms with Crippen molar-refractivity contribution in [1.29, 1.82) is 0 Å². The molecule has 2 fully saturated rings. The van der Waals surface area contributed by atoms with Gasteiger partial charge in [0.05, 0.1) is 25.2 Å². The van der Waals surface area contributed by atoms with E-state index in [2.05, 4.69) is 43.3 Å². The Labute approximate surface area is 170 Å². The number of benzene rings is 2. The predicted molar refractivity (Wildman–Crippen MR) is 109 cm³/mol. The van der Waals surface area contributed by atoms with Crippen LogP contribution in [0, 0.1) is 6.92 Å². The number of amides is 2. The number of methoxy groups -OCH3 is 1. The fourth-order valence-corrected chi connectivity index (χ4v) is 4.69. The Morgan fingerprint density at radius 2 is 1.90 bits per heavy atom. The van der Waals surface area contributed by atoms with Crippen LogP contribution in [0.3, 0.4) is 0 Å². The van der Waals surface area contributed by atoms with Gasteiger partial charge in [-0.05, 0) is 29.2 Å². The summed E-state index contributed by atoms with van der Waals surface area (Å²) in [4.78, 5) is 28.1. The highest BCUT2D eigenvalue weighted by atomic mass is 16.5. The zero-order valence-electron chi connectivity index (χ0n) is 16.7. The Morgan fingerprint density at radius 1 is 1.17 bits per heavy atom. The molecule has 2 aromatic carbocycles. The molecule has 29 heavy (non-hydrogen) atoms. The van der Waals surface area contributed by atoms with E-state index in [9.17, 15) is 14.7 Å². The van der Waals surface area contributed by atoms with E-state index in [1.54, 1.807) is 9.80 Å². The SMILES string of the molecule is COCC(=O)N1CC(=O)N2[C@H](C1)[C@@H](c1ccc(-c3ccccc3C)cc1)[C@@H]2CO. The van der Waals surface area contributed by atoms with Crippen LogP contribution in [0.2, 0.25) is 0 Å². The van der Waals surface area contributed by atoms with Crippen LogP contribution in [0.1, 0.15) is 17.0 Å². The zero-order valence-corrected chi connectivity index (χ0v) is 16.7. The highest BCUT2D eigenvalue weighted by molar-refractivity contribution is 5.88. The first-order chi connectivity index (χ1) is 14.0. The van der Waals surface area contributed by atoms with Crippen molar-refractivity contribution in [3.8, 4) is 11.1 Å². The van der Waals surface area contributed by atoms with E-state index in [0.717, 1.165) is 11.1 Å². The number of carbonyl (C=O) groups excluding carboxylic acids is 2. The minimum absolute atomic E-state index is 0.00742. The van der Waals surface area contributed by atoms with Crippen LogP contribution in [0.5, 0.6) is 0 Å². The van der Waals surface area contributed by atoms with Gasteiger partial charge >= 0.3 is 0 Å². The lowest BCUT2D eigenvalue weighted by Gasteiger charge is -2.58. The Bertz CT molecular complexity index is 911. The quantitative estimate of drug-likeness (QED) is 0.840. The molecule has 0 spiro atoms. The van der Waals surface area contributed by atoms with Gasteiger partial charge in [0.2, 0.25) is 11.8 Å².